The van der Waals surface area contributed by atoms with Gasteiger partial charge in [-0.1, -0.05) is 6.92 Å². The molecule has 0 unspecified atom stereocenters. The molecule has 0 saturated carbocycles. The average molecular weight is 274 g/mol. The first-order chi connectivity index (χ1) is 8.09. The third-order valence-corrected chi connectivity index (χ3v) is 4.73. The second-order valence-corrected chi connectivity index (χ2v) is 6.62. The van der Waals surface area contributed by atoms with E-state index in [4.69, 9.17) is 5.73 Å². The third-order valence-electron chi connectivity index (χ3n) is 2.90. The first kappa shape index (κ1) is 14.9. The fraction of sp³-hybridized carbons (Fsp3) is 0.500. The maximum atomic E-state index is 13.5. The van der Waals surface area contributed by atoms with Gasteiger partial charge in [0, 0.05) is 16.8 Å². The van der Waals surface area contributed by atoms with Gasteiger partial charge >= 0.3 is 0 Å². The van der Waals surface area contributed by atoms with E-state index < -0.39 is 21.4 Å². The first-order valence-electron chi connectivity index (χ1n) is 5.68. The van der Waals surface area contributed by atoms with Crippen LogP contribution in [0.4, 0.5) is 10.1 Å². The quantitative estimate of drug-likeness (QED) is 0.827. The number of hydrogen-bond donors (Lipinski definition) is 2. The fourth-order valence-corrected chi connectivity index (χ4v) is 3.22. The smallest absolute Gasteiger partial charge is 0.241 e. The molecule has 18 heavy (non-hydrogen) atoms. The van der Waals surface area contributed by atoms with E-state index >= 15 is 0 Å². The zero-order valence-electron chi connectivity index (χ0n) is 11.0. The predicted octanol–water partition coefficient (Wildman–Crippen LogP) is 2.18. The number of nitrogen functional groups attached to an aromatic ring is 1. The van der Waals surface area contributed by atoms with Gasteiger partial charge in [0.1, 0.15) is 5.82 Å². The monoisotopic (exact) mass is 274 g/mol. The summed E-state index contributed by atoms with van der Waals surface area (Å²) in [6, 6.07) is 2.38. The summed E-state index contributed by atoms with van der Waals surface area (Å²) < 4.78 is 40.5. The fourth-order valence-electron chi connectivity index (χ4n) is 1.44. The van der Waals surface area contributed by atoms with Crippen LogP contribution in [0.25, 0.3) is 0 Å². The van der Waals surface area contributed by atoms with Crippen LogP contribution in [0, 0.1) is 12.7 Å². The molecule has 0 aliphatic carbocycles. The van der Waals surface area contributed by atoms with Crippen molar-refractivity contribution in [3.05, 3.63) is 23.5 Å². The second kappa shape index (κ2) is 4.85. The van der Waals surface area contributed by atoms with Crippen molar-refractivity contribution in [1.29, 1.82) is 0 Å². The number of hydrogen-bond acceptors (Lipinski definition) is 3. The van der Waals surface area contributed by atoms with E-state index in [-0.39, 0.29) is 16.1 Å². The molecule has 0 spiro atoms. The van der Waals surface area contributed by atoms with E-state index in [0.717, 1.165) is 6.07 Å². The Morgan fingerprint density at radius 2 is 1.94 bits per heavy atom. The van der Waals surface area contributed by atoms with Crippen molar-refractivity contribution >= 4 is 15.7 Å². The number of nitrogens with two attached hydrogens (primary N) is 1. The highest BCUT2D eigenvalue weighted by Crippen LogP contribution is 2.23. The molecule has 0 atom stereocenters. The molecule has 4 nitrogen and oxygen atoms in total. The van der Waals surface area contributed by atoms with E-state index in [1.807, 2.05) is 6.92 Å². The molecule has 0 saturated heterocycles. The van der Waals surface area contributed by atoms with Crippen molar-refractivity contribution in [3.8, 4) is 0 Å². The number of benzene rings is 1. The maximum Gasteiger partial charge on any atom is 0.241 e. The topological polar surface area (TPSA) is 72.2 Å². The Hall–Kier alpha value is -1.14. The average Bonchev–Trinajstić information content (AvgIpc) is 2.21. The highest BCUT2D eigenvalue weighted by atomic mass is 32.2. The van der Waals surface area contributed by atoms with Crippen LogP contribution in [0.1, 0.15) is 32.8 Å². The minimum Gasteiger partial charge on any atom is -0.399 e. The summed E-state index contributed by atoms with van der Waals surface area (Å²) in [6.45, 7) is 6.82. The van der Waals surface area contributed by atoms with E-state index in [1.165, 1.54) is 13.0 Å². The van der Waals surface area contributed by atoms with Crippen molar-refractivity contribution in [2.75, 3.05) is 5.73 Å². The molecule has 1 aromatic rings. The number of sulfonamides is 1. The van der Waals surface area contributed by atoms with Crippen LogP contribution in [0.5, 0.6) is 0 Å². The SMILES string of the molecule is CCC(C)(C)NS(=O)(=O)c1cc(N)cc(F)c1C. The number of halogens is 1. The lowest BCUT2D eigenvalue weighted by Gasteiger charge is -2.24. The van der Waals surface area contributed by atoms with Gasteiger partial charge < -0.3 is 5.73 Å². The van der Waals surface area contributed by atoms with Crippen molar-refractivity contribution in [1.82, 2.24) is 4.72 Å². The van der Waals surface area contributed by atoms with E-state index in [0.29, 0.717) is 6.42 Å². The van der Waals surface area contributed by atoms with Crippen LogP contribution in [-0.2, 0) is 10.0 Å². The molecule has 0 heterocycles. The van der Waals surface area contributed by atoms with Crippen LogP contribution in [-0.4, -0.2) is 14.0 Å². The zero-order valence-corrected chi connectivity index (χ0v) is 11.9. The van der Waals surface area contributed by atoms with Crippen molar-refractivity contribution in [2.24, 2.45) is 0 Å². The summed E-state index contributed by atoms with van der Waals surface area (Å²) in [5.41, 5.74) is 5.06. The van der Waals surface area contributed by atoms with Crippen LogP contribution in [0.2, 0.25) is 0 Å². The van der Waals surface area contributed by atoms with Crippen LogP contribution in [0.3, 0.4) is 0 Å². The van der Waals surface area contributed by atoms with Gasteiger partial charge in [-0.05, 0) is 39.3 Å². The summed E-state index contributed by atoms with van der Waals surface area (Å²) in [5.74, 6) is -0.621. The molecule has 0 aromatic heterocycles. The molecule has 0 aliphatic rings. The minimum atomic E-state index is -3.78. The summed E-state index contributed by atoms with van der Waals surface area (Å²) in [7, 11) is -3.78. The van der Waals surface area contributed by atoms with Gasteiger partial charge in [0.2, 0.25) is 10.0 Å². The Morgan fingerprint density at radius 3 is 2.44 bits per heavy atom. The third kappa shape index (κ3) is 3.20. The summed E-state index contributed by atoms with van der Waals surface area (Å²) >= 11 is 0. The highest BCUT2D eigenvalue weighted by molar-refractivity contribution is 7.89. The normalized spacial score (nSPS) is 12.7. The molecule has 0 radical (unpaired) electrons. The van der Waals surface area contributed by atoms with Crippen LogP contribution >= 0.6 is 0 Å². The van der Waals surface area contributed by atoms with E-state index in [2.05, 4.69) is 4.72 Å². The van der Waals surface area contributed by atoms with Crippen molar-refractivity contribution in [3.63, 3.8) is 0 Å². The zero-order chi connectivity index (χ0) is 14.1. The Morgan fingerprint density at radius 1 is 1.39 bits per heavy atom. The second-order valence-electron chi connectivity index (χ2n) is 4.97. The number of anilines is 1. The van der Waals surface area contributed by atoms with Gasteiger partial charge in [-0.15, -0.1) is 0 Å². The Labute approximate surface area is 107 Å². The van der Waals surface area contributed by atoms with Crippen molar-refractivity contribution in [2.45, 2.75) is 44.6 Å². The largest absolute Gasteiger partial charge is 0.399 e. The summed E-state index contributed by atoms with van der Waals surface area (Å²) in [5, 5.41) is 0. The molecule has 3 N–H and O–H groups in total. The molecule has 1 aromatic carbocycles. The van der Waals surface area contributed by atoms with Gasteiger partial charge in [0.05, 0.1) is 4.90 Å². The molecule has 102 valence electrons. The summed E-state index contributed by atoms with van der Waals surface area (Å²) in [4.78, 5) is -0.110. The lowest BCUT2D eigenvalue weighted by atomic mass is 10.0. The first-order valence-corrected chi connectivity index (χ1v) is 7.17. The standard InChI is InChI=1S/C12H19FN2O2S/c1-5-12(3,4)15-18(16,17)11-7-9(14)6-10(13)8(11)2/h6-7,15H,5,14H2,1-4H3. The minimum absolute atomic E-state index is 0.0728. The van der Waals surface area contributed by atoms with Crippen LogP contribution < -0.4 is 10.5 Å². The Kier molecular flexibility index (Phi) is 4.02. The van der Waals surface area contributed by atoms with Gasteiger partial charge in [-0.3, -0.25) is 0 Å². The lowest BCUT2D eigenvalue weighted by molar-refractivity contribution is 0.439. The molecule has 0 bridgehead atoms. The van der Waals surface area contributed by atoms with Gasteiger partial charge in [-0.25, -0.2) is 17.5 Å². The molecular weight excluding hydrogens is 255 g/mol. The molecular formula is C12H19FN2O2S. The number of nitrogens with one attached hydrogen (secondary N) is 1. The molecule has 0 aliphatic heterocycles. The van der Waals surface area contributed by atoms with E-state index in [1.54, 1.807) is 13.8 Å². The number of rotatable bonds is 4. The van der Waals surface area contributed by atoms with Crippen molar-refractivity contribution < 1.29 is 12.8 Å². The Balaban J connectivity index is 3.30. The van der Waals surface area contributed by atoms with Crippen LogP contribution in [0.15, 0.2) is 17.0 Å². The molecule has 6 heteroatoms. The predicted molar refractivity (Wildman–Crippen MR) is 70.2 cm³/mol. The van der Waals surface area contributed by atoms with E-state index in [9.17, 15) is 12.8 Å². The molecule has 1 rings (SSSR count). The lowest BCUT2D eigenvalue weighted by Crippen LogP contribution is -2.42. The molecule has 0 amide bonds. The van der Waals surface area contributed by atoms with Gasteiger partial charge in [-0.2, -0.15) is 0 Å². The van der Waals surface area contributed by atoms with Gasteiger partial charge in [0.15, 0.2) is 0 Å². The molecule has 0 fully saturated rings. The van der Waals surface area contributed by atoms with Gasteiger partial charge in [0.25, 0.3) is 0 Å². The Bertz CT molecular complexity index is 553. The highest BCUT2D eigenvalue weighted by Gasteiger charge is 2.27. The maximum absolute atomic E-state index is 13.5. The summed E-state index contributed by atoms with van der Waals surface area (Å²) in [6.07, 6.45) is 0.621.